The van der Waals surface area contributed by atoms with Crippen LogP contribution in [0.1, 0.15) is 45.6 Å². The number of aliphatic hydroxyl groups is 1. The Kier molecular flexibility index (Phi) is 9.42. The highest BCUT2D eigenvalue weighted by Crippen LogP contribution is 2.26. The van der Waals surface area contributed by atoms with Crippen LogP contribution in [-0.4, -0.2) is 36.6 Å². The lowest BCUT2D eigenvalue weighted by molar-refractivity contribution is 0.0518. The molecule has 1 aliphatic carbocycles. The van der Waals surface area contributed by atoms with Crippen LogP contribution in [0.5, 0.6) is 0 Å². The minimum absolute atomic E-state index is 0.0702. The first-order chi connectivity index (χ1) is 11.4. The molecule has 0 aromatic heterocycles. The van der Waals surface area contributed by atoms with Gasteiger partial charge in [-0.25, -0.2) is 4.79 Å². The zero-order valence-corrected chi connectivity index (χ0v) is 15.1. The molecule has 1 amide bonds. The Morgan fingerprint density at radius 2 is 1.92 bits per heavy atom. The van der Waals surface area contributed by atoms with E-state index in [4.69, 9.17) is 14.6 Å². The molecular weight excluding hydrogens is 306 g/mol. The van der Waals surface area contributed by atoms with E-state index < -0.39 is 11.7 Å². The summed E-state index contributed by atoms with van der Waals surface area (Å²) in [6.45, 7) is 7.24. The van der Waals surface area contributed by atoms with Crippen LogP contribution in [0.4, 0.5) is 4.79 Å². The van der Waals surface area contributed by atoms with Gasteiger partial charge < -0.3 is 19.9 Å². The van der Waals surface area contributed by atoms with Crippen molar-refractivity contribution in [2.45, 2.75) is 52.2 Å². The molecule has 5 nitrogen and oxygen atoms in total. The maximum atomic E-state index is 10.8. The van der Waals surface area contributed by atoms with Crippen LogP contribution >= 0.6 is 0 Å². The number of hydrogen-bond acceptors (Lipinski definition) is 4. The van der Waals surface area contributed by atoms with Crippen molar-refractivity contribution in [3.05, 3.63) is 35.9 Å². The topological polar surface area (TPSA) is 67.8 Å². The first-order valence-corrected chi connectivity index (χ1v) is 8.60. The predicted molar refractivity (Wildman–Crippen MR) is 94.8 cm³/mol. The maximum Gasteiger partial charge on any atom is 0.407 e. The highest BCUT2D eigenvalue weighted by atomic mass is 16.6. The number of hydrogen-bond donors (Lipinski definition) is 2. The summed E-state index contributed by atoms with van der Waals surface area (Å²) in [4.78, 5) is 10.8. The second-order valence-corrected chi connectivity index (χ2v) is 6.95. The second kappa shape index (κ2) is 11.0. The average molecular weight is 337 g/mol. The van der Waals surface area contributed by atoms with Gasteiger partial charge in [0.05, 0.1) is 13.2 Å². The van der Waals surface area contributed by atoms with Crippen LogP contribution in [0.3, 0.4) is 0 Å². The van der Waals surface area contributed by atoms with E-state index in [2.05, 4.69) is 29.6 Å². The van der Waals surface area contributed by atoms with Crippen LogP contribution < -0.4 is 5.32 Å². The molecule has 0 heterocycles. The largest absolute Gasteiger partial charge is 0.444 e. The van der Waals surface area contributed by atoms with E-state index in [-0.39, 0.29) is 13.2 Å². The molecule has 1 aromatic carbocycles. The number of amides is 1. The van der Waals surface area contributed by atoms with Crippen LogP contribution in [0, 0.1) is 5.92 Å². The van der Waals surface area contributed by atoms with Crippen molar-refractivity contribution in [3.63, 3.8) is 0 Å². The Morgan fingerprint density at radius 1 is 1.25 bits per heavy atom. The molecule has 0 spiro atoms. The van der Waals surface area contributed by atoms with Crippen LogP contribution in [0.25, 0.3) is 0 Å². The van der Waals surface area contributed by atoms with Crippen molar-refractivity contribution >= 4 is 6.09 Å². The lowest BCUT2D eigenvalue weighted by Crippen LogP contribution is -2.33. The fraction of sp³-hybridized carbons (Fsp3) is 0.632. The van der Waals surface area contributed by atoms with Gasteiger partial charge in [-0.3, -0.25) is 0 Å². The van der Waals surface area contributed by atoms with Crippen molar-refractivity contribution in [3.8, 4) is 0 Å². The fourth-order valence-corrected chi connectivity index (χ4v) is 2.05. The number of carbonyl (C=O) groups is 1. The normalized spacial score (nSPS) is 14.2. The summed E-state index contributed by atoms with van der Waals surface area (Å²) in [6, 6.07) is 10.4. The molecule has 2 N–H and O–H groups in total. The van der Waals surface area contributed by atoms with Crippen molar-refractivity contribution in [1.82, 2.24) is 5.32 Å². The average Bonchev–Trinajstić information content (AvgIpc) is 2.48. The summed E-state index contributed by atoms with van der Waals surface area (Å²) in [6.07, 6.45) is 3.65. The molecule has 0 saturated heterocycles. The number of aliphatic hydroxyl groups excluding tert-OH is 1. The van der Waals surface area contributed by atoms with Crippen molar-refractivity contribution < 1.29 is 19.4 Å². The first kappa shape index (κ1) is 20.5. The molecule has 5 heteroatoms. The van der Waals surface area contributed by atoms with Gasteiger partial charge in [0.15, 0.2) is 0 Å². The Hall–Kier alpha value is -1.59. The van der Waals surface area contributed by atoms with Gasteiger partial charge in [-0.15, -0.1) is 0 Å². The predicted octanol–water partition coefficient (Wildman–Crippen LogP) is 3.51. The molecule has 136 valence electrons. The third kappa shape index (κ3) is 10.2. The van der Waals surface area contributed by atoms with E-state index in [1.54, 1.807) is 20.8 Å². The zero-order valence-electron chi connectivity index (χ0n) is 15.1. The monoisotopic (exact) mass is 337 g/mol. The smallest absolute Gasteiger partial charge is 0.407 e. The standard InChI is InChI=1S/C12H16O.C7H15NO3/c1-2-5-11(6-3-1)9-13-10-12-7-4-8-12;1-7(2,3)11-6(10)8-4-5-9/h1-3,5-6,12H,4,7-10H2;9H,4-5H2,1-3H3,(H,8,10). The highest BCUT2D eigenvalue weighted by Gasteiger charge is 2.17. The summed E-state index contributed by atoms with van der Waals surface area (Å²) in [5.41, 5.74) is 0.807. The second-order valence-electron chi connectivity index (χ2n) is 6.95. The molecule has 0 unspecified atom stereocenters. The summed E-state index contributed by atoms with van der Waals surface area (Å²) >= 11 is 0. The molecule has 2 rings (SSSR count). The highest BCUT2D eigenvalue weighted by molar-refractivity contribution is 5.67. The Balaban J connectivity index is 0.000000245. The van der Waals surface area contributed by atoms with Crippen LogP contribution in [0.2, 0.25) is 0 Å². The van der Waals surface area contributed by atoms with Gasteiger partial charge in [0, 0.05) is 13.2 Å². The van der Waals surface area contributed by atoms with Crippen LogP contribution in [0.15, 0.2) is 30.3 Å². The number of alkyl carbamates (subject to hydrolysis) is 1. The lowest BCUT2D eigenvalue weighted by Gasteiger charge is -2.24. The van der Waals surface area contributed by atoms with Gasteiger partial charge in [-0.2, -0.15) is 0 Å². The van der Waals surface area contributed by atoms with Gasteiger partial charge in [0.1, 0.15) is 5.60 Å². The van der Waals surface area contributed by atoms with Crippen molar-refractivity contribution in [2.75, 3.05) is 19.8 Å². The summed E-state index contributed by atoms with van der Waals surface area (Å²) in [5.74, 6) is 0.851. The molecule has 1 fully saturated rings. The van der Waals surface area contributed by atoms with E-state index in [9.17, 15) is 4.79 Å². The maximum absolute atomic E-state index is 10.8. The van der Waals surface area contributed by atoms with E-state index in [0.717, 1.165) is 19.1 Å². The molecule has 1 aliphatic rings. The molecule has 1 aromatic rings. The molecule has 1 saturated carbocycles. The zero-order chi connectivity index (χ0) is 17.8. The number of ether oxygens (including phenoxy) is 2. The van der Waals surface area contributed by atoms with Gasteiger partial charge in [-0.05, 0) is 45.1 Å². The summed E-state index contributed by atoms with van der Waals surface area (Å²) in [5, 5.41) is 10.7. The molecule has 0 radical (unpaired) electrons. The van der Waals surface area contributed by atoms with Crippen molar-refractivity contribution in [1.29, 1.82) is 0 Å². The van der Waals surface area contributed by atoms with Crippen molar-refractivity contribution in [2.24, 2.45) is 5.92 Å². The number of benzene rings is 1. The quantitative estimate of drug-likeness (QED) is 0.833. The third-order valence-corrected chi connectivity index (χ3v) is 3.47. The molecule has 0 aliphatic heterocycles. The Bertz CT molecular complexity index is 452. The number of nitrogens with one attached hydrogen (secondary N) is 1. The molecule has 0 bridgehead atoms. The van der Waals surface area contributed by atoms with Gasteiger partial charge in [0.25, 0.3) is 0 Å². The van der Waals surface area contributed by atoms with E-state index in [1.165, 1.54) is 24.8 Å². The van der Waals surface area contributed by atoms with E-state index >= 15 is 0 Å². The minimum Gasteiger partial charge on any atom is -0.444 e. The molecule has 24 heavy (non-hydrogen) atoms. The Morgan fingerprint density at radius 3 is 2.42 bits per heavy atom. The number of rotatable bonds is 6. The van der Waals surface area contributed by atoms with Gasteiger partial charge in [-0.1, -0.05) is 36.8 Å². The molecular formula is C19H31NO4. The van der Waals surface area contributed by atoms with Gasteiger partial charge in [0.2, 0.25) is 0 Å². The summed E-state index contributed by atoms with van der Waals surface area (Å²) in [7, 11) is 0. The van der Waals surface area contributed by atoms with Crippen LogP contribution in [-0.2, 0) is 16.1 Å². The van der Waals surface area contributed by atoms with E-state index in [1.807, 2.05) is 6.07 Å². The number of carbonyl (C=O) groups excluding carboxylic acids is 1. The molecule has 0 atom stereocenters. The minimum atomic E-state index is -0.494. The SMILES string of the molecule is CC(C)(C)OC(=O)NCCO.c1ccc(COCC2CCC2)cc1. The first-order valence-electron chi connectivity index (χ1n) is 8.60. The Labute approximate surface area is 145 Å². The van der Waals surface area contributed by atoms with Gasteiger partial charge >= 0.3 is 6.09 Å². The third-order valence-electron chi connectivity index (χ3n) is 3.47. The lowest BCUT2D eigenvalue weighted by atomic mass is 9.86. The van der Waals surface area contributed by atoms with E-state index in [0.29, 0.717) is 0 Å². The fourth-order valence-electron chi connectivity index (χ4n) is 2.05. The summed E-state index contributed by atoms with van der Waals surface area (Å²) < 4.78 is 10.5.